The van der Waals surface area contributed by atoms with Gasteiger partial charge in [-0.1, -0.05) is 54.6 Å². The molecular formula is C28H23N3O4. The van der Waals surface area contributed by atoms with Gasteiger partial charge >= 0.3 is 5.97 Å². The molecule has 2 amide bonds. The maximum atomic E-state index is 12.7. The first kappa shape index (κ1) is 23.4. The van der Waals surface area contributed by atoms with E-state index in [2.05, 4.69) is 15.8 Å². The van der Waals surface area contributed by atoms with E-state index in [9.17, 15) is 14.4 Å². The Kier molecular flexibility index (Phi) is 7.28. The van der Waals surface area contributed by atoms with E-state index in [0.29, 0.717) is 22.4 Å². The molecule has 2 N–H and O–H groups in total. The SMILES string of the molecule is Cc1ccccc1C(=O)NCC(=O)NN=Cc1ccc(OC(=O)c2cccc3ccccc23)cc1. The molecule has 7 nitrogen and oxygen atoms in total. The van der Waals surface area contributed by atoms with E-state index in [1.54, 1.807) is 42.5 Å². The number of carbonyl (C=O) groups excluding carboxylic acids is 3. The lowest BCUT2D eigenvalue weighted by molar-refractivity contribution is -0.120. The maximum absolute atomic E-state index is 12.7. The van der Waals surface area contributed by atoms with E-state index < -0.39 is 11.9 Å². The predicted octanol–water partition coefficient (Wildman–Crippen LogP) is 4.25. The zero-order valence-electron chi connectivity index (χ0n) is 19.0. The molecule has 0 saturated carbocycles. The molecule has 35 heavy (non-hydrogen) atoms. The lowest BCUT2D eigenvalue weighted by Gasteiger charge is -2.07. The minimum Gasteiger partial charge on any atom is -0.423 e. The highest BCUT2D eigenvalue weighted by molar-refractivity contribution is 6.05. The van der Waals surface area contributed by atoms with Crippen LogP contribution in [-0.2, 0) is 4.79 Å². The van der Waals surface area contributed by atoms with Crippen molar-refractivity contribution < 1.29 is 19.1 Å². The summed E-state index contributed by atoms with van der Waals surface area (Å²) >= 11 is 0. The number of aryl methyl sites for hydroxylation is 1. The van der Waals surface area contributed by atoms with Crippen LogP contribution >= 0.6 is 0 Å². The first-order valence-electron chi connectivity index (χ1n) is 11.0. The van der Waals surface area contributed by atoms with Crippen molar-refractivity contribution in [1.29, 1.82) is 0 Å². The van der Waals surface area contributed by atoms with Crippen LogP contribution in [0, 0.1) is 6.92 Å². The summed E-state index contributed by atoms with van der Waals surface area (Å²) in [5.74, 6) is -0.828. The van der Waals surface area contributed by atoms with Crippen LogP contribution in [-0.4, -0.2) is 30.5 Å². The van der Waals surface area contributed by atoms with E-state index in [1.807, 2.05) is 55.5 Å². The van der Waals surface area contributed by atoms with Crippen molar-refractivity contribution in [2.75, 3.05) is 6.54 Å². The van der Waals surface area contributed by atoms with Gasteiger partial charge in [0.25, 0.3) is 11.8 Å². The van der Waals surface area contributed by atoms with Crippen molar-refractivity contribution in [1.82, 2.24) is 10.7 Å². The molecule has 4 aromatic rings. The molecular weight excluding hydrogens is 442 g/mol. The summed E-state index contributed by atoms with van der Waals surface area (Å²) in [6.45, 7) is 1.63. The Bertz CT molecular complexity index is 1410. The molecule has 4 aromatic carbocycles. The van der Waals surface area contributed by atoms with Crippen molar-refractivity contribution in [2.24, 2.45) is 5.10 Å². The maximum Gasteiger partial charge on any atom is 0.344 e. The van der Waals surface area contributed by atoms with Gasteiger partial charge in [-0.25, -0.2) is 10.2 Å². The number of benzene rings is 4. The fraction of sp³-hybridized carbons (Fsp3) is 0.0714. The third-order valence-electron chi connectivity index (χ3n) is 5.30. The molecule has 0 fully saturated rings. The molecule has 0 aliphatic rings. The van der Waals surface area contributed by atoms with E-state index >= 15 is 0 Å². The Hall–Kier alpha value is -4.78. The molecule has 0 spiro atoms. The number of hydrazone groups is 1. The largest absolute Gasteiger partial charge is 0.423 e. The van der Waals surface area contributed by atoms with E-state index in [0.717, 1.165) is 16.3 Å². The monoisotopic (exact) mass is 465 g/mol. The molecule has 0 aliphatic heterocycles. The van der Waals surface area contributed by atoms with Crippen LogP contribution in [0.15, 0.2) is 96.1 Å². The van der Waals surface area contributed by atoms with Crippen molar-refractivity contribution >= 4 is 34.8 Å². The molecule has 0 radical (unpaired) electrons. The number of carbonyl (C=O) groups is 3. The van der Waals surface area contributed by atoms with Gasteiger partial charge < -0.3 is 10.1 Å². The molecule has 0 unspecified atom stereocenters. The number of ether oxygens (including phenoxy) is 1. The predicted molar refractivity (Wildman–Crippen MR) is 135 cm³/mol. The lowest BCUT2D eigenvalue weighted by atomic mass is 10.0. The highest BCUT2D eigenvalue weighted by atomic mass is 16.5. The minimum atomic E-state index is -0.455. The molecule has 0 bridgehead atoms. The number of hydrogen-bond donors (Lipinski definition) is 2. The Morgan fingerprint density at radius 2 is 1.51 bits per heavy atom. The fourth-order valence-corrected chi connectivity index (χ4v) is 3.49. The van der Waals surface area contributed by atoms with Crippen LogP contribution < -0.4 is 15.5 Å². The van der Waals surface area contributed by atoms with Crippen LogP contribution in [0.3, 0.4) is 0 Å². The zero-order valence-corrected chi connectivity index (χ0v) is 19.0. The standard InChI is InChI=1S/C28H23N3O4/c1-19-7-2-4-10-23(19)27(33)29-18-26(32)31-30-17-20-13-15-22(16-14-20)35-28(34)25-12-6-9-21-8-3-5-11-24(21)25/h2-17H,18H2,1H3,(H,29,33)(H,31,32). The Morgan fingerprint density at radius 1 is 0.829 bits per heavy atom. The number of rotatable bonds is 7. The second-order valence-electron chi connectivity index (χ2n) is 7.78. The van der Waals surface area contributed by atoms with Gasteiger partial charge in [-0.3, -0.25) is 9.59 Å². The van der Waals surface area contributed by atoms with Gasteiger partial charge in [0.1, 0.15) is 5.75 Å². The van der Waals surface area contributed by atoms with Gasteiger partial charge in [-0.05, 0) is 65.2 Å². The third kappa shape index (κ3) is 5.97. The quantitative estimate of drug-likeness (QED) is 0.185. The smallest absolute Gasteiger partial charge is 0.344 e. The van der Waals surface area contributed by atoms with E-state index in [4.69, 9.17) is 4.74 Å². The van der Waals surface area contributed by atoms with E-state index in [-0.39, 0.29) is 12.5 Å². The summed E-state index contributed by atoms with van der Waals surface area (Å²) in [4.78, 5) is 36.8. The number of esters is 1. The van der Waals surface area contributed by atoms with Gasteiger partial charge in [0.15, 0.2) is 0 Å². The lowest BCUT2D eigenvalue weighted by Crippen LogP contribution is -2.35. The first-order valence-corrected chi connectivity index (χ1v) is 11.0. The molecule has 0 saturated heterocycles. The van der Waals surface area contributed by atoms with Gasteiger partial charge in [0, 0.05) is 5.56 Å². The highest BCUT2D eigenvalue weighted by Gasteiger charge is 2.12. The number of amides is 2. The van der Waals surface area contributed by atoms with Crippen molar-refractivity contribution in [3.63, 3.8) is 0 Å². The highest BCUT2D eigenvalue weighted by Crippen LogP contribution is 2.21. The molecule has 7 heteroatoms. The Morgan fingerprint density at radius 3 is 2.31 bits per heavy atom. The first-order chi connectivity index (χ1) is 17.0. The second kappa shape index (κ2) is 10.9. The van der Waals surface area contributed by atoms with E-state index in [1.165, 1.54) is 6.21 Å². The third-order valence-corrected chi connectivity index (χ3v) is 5.30. The fourth-order valence-electron chi connectivity index (χ4n) is 3.49. The number of fused-ring (bicyclic) bond motifs is 1. The summed E-state index contributed by atoms with van der Waals surface area (Å²) in [6.07, 6.45) is 1.46. The summed E-state index contributed by atoms with van der Waals surface area (Å²) in [5, 5.41) is 8.26. The van der Waals surface area contributed by atoms with Gasteiger partial charge in [-0.2, -0.15) is 5.10 Å². The average Bonchev–Trinajstić information content (AvgIpc) is 2.88. The molecule has 4 rings (SSSR count). The Balaban J connectivity index is 1.28. The number of nitrogens with one attached hydrogen (secondary N) is 2. The Labute approximate surface area is 202 Å². The molecule has 0 aliphatic carbocycles. The summed E-state index contributed by atoms with van der Waals surface area (Å²) in [7, 11) is 0. The molecule has 0 atom stereocenters. The topological polar surface area (TPSA) is 96.9 Å². The number of nitrogens with zero attached hydrogens (tertiary/aromatic N) is 1. The molecule has 0 aromatic heterocycles. The second-order valence-corrected chi connectivity index (χ2v) is 7.78. The zero-order chi connectivity index (χ0) is 24.6. The van der Waals surface area contributed by atoms with Gasteiger partial charge in [-0.15, -0.1) is 0 Å². The minimum absolute atomic E-state index is 0.201. The van der Waals surface area contributed by atoms with Crippen LogP contribution in [0.25, 0.3) is 10.8 Å². The summed E-state index contributed by atoms with van der Waals surface area (Å²) in [5.41, 5.74) is 4.90. The molecule has 0 heterocycles. The van der Waals surface area contributed by atoms with Gasteiger partial charge in [0.05, 0.1) is 18.3 Å². The van der Waals surface area contributed by atoms with Crippen LogP contribution in [0.5, 0.6) is 5.75 Å². The van der Waals surface area contributed by atoms with Crippen molar-refractivity contribution in [2.45, 2.75) is 6.92 Å². The summed E-state index contributed by atoms with van der Waals surface area (Å²) < 4.78 is 5.51. The van der Waals surface area contributed by atoms with Crippen LogP contribution in [0.2, 0.25) is 0 Å². The summed E-state index contributed by atoms with van der Waals surface area (Å²) in [6, 6.07) is 27.0. The van der Waals surface area contributed by atoms with Crippen LogP contribution in [0.1, 0.15) is 31.8 Å². The van der Waals surface area contributed by atoms with Crippen molar-refractivity contribution in [3.05, 3.63) is 113 Å². The van der Waals surface area contributed by atoms with Gasteiger partial charge in [0.2, 0.25) is 0 Å². The molecule has 174 valence electrons. The van der Waals surface area contributed by atoms with Crippen LogP contribution in [0.4, 0.5) is 0 Å². The number of hydrogen-bond acceptors (Lipinski definition) is 5. The van der Waals surface area contributed by atoms with Crippen molar-refractivity contribution in [3.8, 4) is 5.75 Å². The average molecular weight is 466 g/mol. The normalized spacial score (nSPS) is 10.8.